The molecule has 0 aliphatic carbocycles. The first-order chi connectivity index (χ1) is 11.2. The van der Waals surface area contributed by atoms with Gasteiger partial charge in [0, 0.05) is 13.0 Å². The molecular formula is C17H25N3O3. The maximum atomic E-state index is 5.36. The lowest BCUT2D eigenvalue weighted by molar-refractivity contribution is 0.228. The van der Waals surface area contributed by atoms with Crippen molar-refractivity contribution in [2.45, 2.75) is 39.8 Å². The van der Waals surface area contributed by atoms with Gasteiger partial charge < -0.3 is 14.0 Å². The molecule has 0 atom stereocenters. The van der Waals surface area contributed by atoms with Crippen LogP contribution in [0.4, 0.5) is 0 Å². The van der Waals surface area contributed by atoms with Gasteiger partial charge in [0.15, 0.2) is 17.3 Å². The van der Waals surface area contributed by atoms with E-state index in [0.717, 1.165) is 48.8 Å². The third kappa shape index (κ3) is 4.69. The normalized spacial score (nSPS) is 11.0. The fraction of sp³-hybridized carbons (Fsp3) is 0.529. The van der Waals surface area contributed by atoms with Crippen LogP contribution in [-0.4, -0.2) is 35.8 Å². The van der Waals surface area contributed by atoms with Gasteiger partial charge in [0.1, 0.15) is 0 Å². The Labute approximate surface area is 137 Å². The van der Waals surface area contributed by atoms with Gasteiger partial charge in [-0.15, -0.1) is 0 Å². The van der Waals surface area contributed by atoms with Gasteiger partial charge in [-0.3, -0.25) is 4.90 Å². The Hall–Kier alpha value is -2.08. The van der Waals surface area contributed by atoms with Crippen LogP contribution in [0.25, 0.3) is 0 Å². The average Bonchev–Trinajstić information content (AvgIpc) is 3.01. The average molecular weight is 319 g/mol. The van der Waals surface area contributed by atoms with E-state index in [1.165, 1.54) is 0 Å². The molecule has 0 aliphatic heterocycles. The number of nitrogens with zero attached hydrogens (tertiary/aromatic N) is 3. The fourth-order valence-corrected chi connectivity index (χ4v) is 2.39. The molecule has 0 saturated carbocycles. The lowest BCUT2D eigenvalue weighted by Gasteiger charge is -2.19. The molecule has 1 aromatic carbocycles. The zero-order chi connectivity index (χ0) is 16.7. The zero-order valence-electron chi connectivity index (χ0n) is 14.3. The molecule has 2 aromatic rings. The van der Waals surface area contributed by atoms with Gasteiger partial charge in [-0.25, -0.2) is 0 Å². The molecule has 0 N–H and O–H groups in total. The molecule has 0 fully saturated rings. The monoisotopic (exact) mass is 319 g/mol. The van der Waals surface area contributed by atoms with Crippen LogP contribution in [-0.2, 0) is 19.5 Å². The van der Waals surface area contributed by atoms with Crippen molar-refractivity contribution in [3.8, 4) is 11.5 Å². The lowest BCUT2D eigenvalue weighted by atomic mass is 10.2. The van der Waals surface area contributed by atoms with Crippen LogP contribution < -0.4 is 9.47 Å². The zero-order valence-corrected chi connectivity index (χ0v) is 14.3. The van der Waals surface area contributed by atoms with Crippen LogP contribution in [0.15, 0.2) is 22.7 Å². The number of aryl methyl sites for hydroxylation is 1. The summed E-state index contributed by atoms with van der Waals surface area (Å²) in [7, 11) is 3.28. The smallest absolute Gasteiger partial charge is 0.240 e. The van der Waals surface area contributed by atoms with E-state index in [1.54, 1.807) is 14.2 Å². The van der Waals surface area contributed by atoms with Crippen LogP contribution in [0.2, 0.25) is 0 Å². The van der Waals surface area contributed by atoms with Crippen molar-refractivity contribution < 1.29 is 14.0 Å². The Bertz CT molecular complexity index is 613. The molecule has 1 heterocycles. The minimum absolute atomic E-state index is 0.640. The molecule has 6 nitrogen and oxygen atoms in total. The second-order valence-corrected chi connectivity index (χ2v) is 5.35. The van der Waals surface area contributed by atoms with Crippen LogP contribution in [0.3, 0.4) is 0 Å². The Morgan fingerprint density at radius 2 is 1.87 bits per heavy atom. The number of ether oxygens (including phenoxy) is 2. The van der Waals surface area contributed by atoms with Crippen LogP contribution in [0.5, 0.6) is 11.5 Å². The second kappa shape index (κ2) is 8.53. The van der Waals surface area contributed by atoms with Gasteiger partial charge in [0.2, 0.25) is 5.89 Å². The minimum atomic E-state index is 0.640. The van der Waals surface area contributed by atoms with Crippen LogP contribution >= 0.6 is 0 Å². The highest BCUT2D eigenvalue weighted by atomic mass is 16.5. The van der Waals surface area contributed by atoms with Gasteiger partial charge in [-0.05, 0) is 30.7 Å². The quantitative estimate of drug-likeness (QED) is 0.708. The predicted octanol–water partition coefficient (Wildman–Crippen LogP) is 3.06. The Morgan fingerprint density at radius 3 is 2.52 bits per heavy atom. The molecule has 0 amide bonds. The van der Waals surface area contributed by atoms with Crippen molar-refractivity contribution in [2.75, 3.05) is 20.8 Å². The number of benzene rings is 1. The van der Waals surface area contributed by atoms with Crippen molar-refractivity contribution in [1.29, 1.82) is 0 Å². The Morgan fingerprint density at radius 1 is 1.09 bits per heavy atom. The summed E-state index contributed by atoms with van der Waals surface area (Å²) in [4.78, 5) is 6.67. The standard InChI is InChI=1S/C17H25N3O3/c1-5-7-16-18-17(23-19-16)12-20(6-2)11-13-8-9-14(21-3)15(10-13)22-4/h8-10H,5-7,11-12H2,1-4H3. The first-order valence-corrected chi connectivity index (χ1v) is 7.94. The molecular weight excluding hydrogens is 294 g/mol. The first kappa shape index (κ1) is 17.3. The predicted molar refractivity (Wildman–Crippen MR) is 87.6 cm³/mol. The number of rotatable bonds is 9. The molecule has 2 rings (SSSR count). The summed E-state index contributed by atoms with van der Waals surface area (Å²) < 4.78 is 15.9. The SMILES string of the molecule is CCCc1noc(CN(CC)Cc2ccc(OC)c(OC)c2)n1. The highest BCUT2D eigenvalue weighted by molar-refractivity contribution is 5.42. The van der Waals surface area contributed by atoms with Gasteiger partial charge in [-0.2, -0.15) is 4.98 Å². The van der Waals surface area contributed by atoms with E-state index in [1.807, 2.05) is 18.2 Å². The maximum Gasteiger partial charge on any atom is 0.240 e. The molecule has 0 radical (unpaired) electrons. The topological polar surface area (TPSA) is 60.6 Å². The molecule has 0 aliphatic rings. The molecule has 0 saturated heterocycles. The van der Waals surface area contributed by atoms with E-state index in [4.69, 9.17) is 14.0 Å². The van der Waals surface area contributed by atoms with Gasteiger partial charge in [0.05, 0.1) is 20.8 Å². The van der Waals surface area contributed by atoms with E-state index >= 15 is 0 Å². The minimum Gasteiger partial charge on any atom is -0.493 e. The summed E-state index contributed by atoms with van der Waals surface area (Å²) in [5.41, 5.74) is 1.15. The molecule has 23 heavy (non-hydrogen) atoms. The molecule has 0 spiro atoms. The van der Waals surface area contributed by atoms with Crippen molar-refractivity contribution in [3.05, 3.63) is 35.5 Å². The molecule has 6 heteroatoms. The summed E-state index contributed by atoms with van der Waals surface area (Å²) >= 11 is 0. The molecule has 0 unspecified atom stereocenters. The molecule has 126 valence electrons. The highest BCUT2D eigenvalue weighted by Crippen LogP contribution is 2.28. The van der Waals surface area contributed by atoms with E-state index < -0.39 is 0 Å². The number of aromatic nitrogens is 2. The summed E-state index contributed by atoms with van der Waals surface area (Å²) in [6, 6.07) is 5.96. The van der Waals surface area contributed by atoms with E-state index in [2.05, 4.69) is 28.9 Å². The summed E-state index contributed by atoms with van der Waals surface area (Å²) in [5, 5.41) is 4.00. The first-order valence-electron chi connectivity index (χ1n) is 7.94. The second-order valence-electron chi connectivity index (χ2n) is 5.35. The van der Waals surface area contributed by atoms with Crippen molar-refractivity contribution >= 4 is 0 Å². The fourth-order valence-electron chi connectivity index (χ4n) is 2.39. The van der Waals surface area contributed by atoms with Crippen molar-refractivity contribution in [3.63, 3.8) is 0 Å². The summed E-state index contributed by atoms with van der Waals surface area (Å²) in [6.45, 7) is 6.53. The van der Waals surface area contributed by atoms with E-state index in [0.29, 0.717) is 12.4 Å². The third-order valence-corrected chi connectivity index (χ3v) is 3.64. The number of hydrogen-bond donors (Lipinski definition) is 0. The van der Waals surface area contributed by atoms with Crippen LogP contribution in [0, 0.1) is 0 Å². The number of methoxy groups -OCH3 is 2. The Kier molecular flexibility index (Phi) is 6.40. The lowest BCUT2D eigenvalue weighted by Crippen LogP contribution is -2.22. The summed E-state index contributed by atoms with van der Waals surface area (Å²) in [6.07, 6.45) is 1.87. The largest absolute Gasteiger partial charge is 0.493 e. The number of hydrogen-bond acceptors (Lipinski definition) is 6. The van der Waals surface area contributed by atoms with Crippen molar-refractivity contribution in [2.24, 2.45) is 0 Å². The van der Waals surface area contributed by atoms with Crippen molar-refractivity contribution in [1.82, 2.24) is 15.0 Å². The van der Waals surface area contributed by atoms with Gasteiger partial charge >= 0.3 is 0 Å². The van der Waals surface area contributed by atoms with Crippen LogP contribution in [0.1, 0.15) is 37.5 Å². The maximum absolute atomic E-state index is 5.36. The third-order valence-electron chi connectivity index (χ3n) is 3.64. The molecule has 0 bridgehead atoms. The van der Waals surface area contributed by atoms with E-state index in [9.17, 15) is 0 Å². The highest BCUT2D eigenvalue weighted by Gasteiger charge is 2.12. The van der Waals surface area contributed by atoms with Gasteiger partial charge in [-0.1, -0.05) is 25.1 Å². The summed E-state index contributed by atoms with van der Waals surface area (Å²) in [5.74, 6) is 2.92. The molecule has 1 aromatic heterocycles. The Balaban J connectivity index is 2.03. The van der Waals surface area contributed by atoms with Gasteiger partial charge in [0.25, 0.3) is 0 Å². The van der Waals surface area contributed by atoms with E-state index in [-0.39, 0.29) is 0 Å².